The molecule has 1 fully saturated rings. The van der Waals surface area contributed by atoms with Gasteiger partial charge in [0.25, 0.3) is 5.91 Å². The Kier molecular flexibility index (Phi) is 4.08. The molecule has 110 valence electrons. The fourth-order valence-corrected chi connectivity index (χ4v) is 2.86. The summed E-state index contributed by atoms with van der Waals surface area (Å²) in [5, 5.41) is 0.971. The molecule has 2 heterocycles. The Morgan fingerprint density at radius 3 is 3.10 bits per heavy atom. The SMILES string of the molecule is CC1CN(C(=O)c2ccc3ncccc3c2)CC(CCl)O1. The van der Waals surface area contributed by atoms with E-state index in [1.165, 1.54) is 0 Å². The number of carbonyl (C=O) groups excluding carboxylic acids is 1. The van der Waals surface area contributed by atoms with Gasteiger partial charge < -0.3 is 9.64 Å². The number of morpholine rings is 1. The van der Waals surface area contributed by atoms with Gasteiger partial charge >= 0.3 is 0 Å². The highest BCUT2D eigenvalue weighted by Crippen LogP contribution is 2.18. The molecule has 0 spiro atoms. The van der Waals surface area contributed by atoms with Crippen LogP contribution in [0, 0.1) is 0 Å². The molecule has 5 heteroatoms. The van der Waals surface area contributed by atoms with Crippen molar-refractivity contribution in [1.29, 1.82) is 0 Å². The fraction of sp³-hybridized carbons (Fsp3) is 0.375. The molecular weight excluding hydrogens is 288 g/mol. The Bertz CT molecular complexity index is 662. The molecule has 0 aliphatic carbocycles. The summed E-state index contributed by atoms with van der Waals surface area (Å²) in [6.07, 6.45) is 1.66. The summed E-state index contributed by atoms with van der Waals surface area (Å²) < 4.78 is 5.69. The molecule has 1 amide bonds. The minimum Gasteiger partial charge on any atom is -0.370 e. The van der Waals surface area contributed by atoms with Gasteiger partial charge in [-0.15, -0.1) is 11.6 Å². The molecule has 0 radical (unpaired) electrons. The number of aromatic nitrogens is 1. The van der Waals surface area contributed by atoms with Crippen molar-refractivity contribution in [3.63, 3.8) is 0 Å². The monoisotopic (exact) mass is 304 g/mol. The van der Waals surface area contributed by atoms with E-state index in [-0.39, 0.29) is 18.1 Å². The Labute approximate surface area is 128 Å². The largest absolute Gasteiger partial charge is 0.370 e. The molecule has 2 unspecified atom stereocenters. The highest BCUT2D eigenvalue weighted by molar-refractivity contribution is 6.18. The van der Waals surface area contributed by atoms with Crippen molar-refractivity contribution in [2.75, 3.05) is 19.0 Å². The zero-order valence-electron chi connectivity index (χ0n) is 11.8. The number of fused-ring (bicyclic) bond motifs is 1. The average molecular weight is 305 g/mol. The number of alkyl halides is 1. The van der Waals surface area contributed by atoms with Gasteiger partial charge in [-0.3, -0.25) is 9.78 Å². The van der Waals surface area contributed by atoms with Gasteiger partial charge in [-0.2, -0.15) is 0 Å². The van der Waals surface area contributed by atoms with Crippen LogP contribution < -0.4 is 0 Å². The zero-order chi connectivity index (χ0) is 14.8. The summed E-state index contributed by atoms with van der Waals surface area (Å²) in [7, 11) is 0. The lowest BCUT2D eigenvalue weighted by Gasteiger charge is -2.36. The Balaban J connectivity index is 1.85. The first-order valence-corrected chi connectivity index (χ1v) is 7.56. The lowest BCUT2D eigenvalue weighted by atomic mass is 10.1. The van der Waals surface area contributed by atoms with Crippen LogP contribution in [0.4, 0.5) is 0 Å². The number of rotatable bonds is 2. The van der Waals surface area contributed by atoms with Crippen LogP contribution in [0.15, 0.2) is 36.5 Å². The molecule has 21 heavy (non-hydrogen) atoms. The summed E-state index contributed by atoms with van der Waals surface area (Å²) in [5.74, 6) is 0.418. The molecular formula is C16H17ClN2O2. The zero-order valence-corrected chi connectivity index (χ0v) is 12.6. The second kappa shape index (κ2) is 6.00. The number of pyridine rings is 1. The highest BCUT2D eigenvalue weighted by atomic mass is 35.5. The Morgan fingerprint density at radius 1 is 1.43 bits per heavy atom. The van der Waals surface area contributed by atoms with E-state index in [4.69, 9.17) is 16.3 Å². The van der Waals surface area contributed by atoms with Crippen molar-refractivity contribution in [1.82, 2.24) is 9.88 Å². The van der Waals surface area contributed by atoms with Crippen LogP contribution >= 0.6 is 11.6 Å². The van der Waals surface area contributed by atoms with Crippen molar-refractivity contribution in [2.24, 2.45) is 0 Å². The smallest absolute Gasteiger partial charge is 0.254 e. The molecule has 1 aromatic carbocycles. The molecule has 1 saturated heterocycles. The van der Waals surface area contributed by atoms with Crippen LogP contribution in [0.3, 0.4) is 0 Å². The van der Waals surface area contributed by atoms with Gasteiger partial charge in [-0.25, -0.2) is 0 Å². The van der Waals surface area contributed by atoms with Gasteiger partial charge in [0, 0.05) is 30.2 Å². The normalized spacial score (nSPS) is 22.5. The van der Waals surface area contributed by atoms with Crippen molar-refractivity contribution in [3.8, 4) is 0 Å². The van der Waals surface area contributed by atoms with Crippen LogP contribution in [0.25, 0.3) is 10.9 Å². The number of halogens is 1. The number of hydrogen-bond donors (Lipinski definition) is 0. The van der Waals surface area contributed by atoms with E-state index in [0.717, 1.165) is 10.9 Å². The van der Waals surface area contributed by atoms with E-state index in [2.05, 4.69) is 4.98 Å². The predicted octanol–water partition coefficient (Wildman–Crippen LogP) is 2.70. The van der Waals surface area contributed by atoms with Crippen LogP contribution in [0.5, 0.6) is 0 Å². The maximum absolute atomic E-state index is 12.7. The molecule has 0 N–H and O–H groups in total. The second-order valence-corrected chi connectivity index (χ2v) is 5.65. The lowest BCUT2D eigenvalue weighted by Crippen LogP contribution is -2.49. The third kappa shape index (κ3) is 3.01. The molecule has 0 saturated carbocycles. The summed E-state index contributed by atoms with van der Waals surface area (Å²) in [6.45, 7) is 3.10. The number of amides is 1. The number of benzene rings is 1. The summed E-state index contributed by atoms with van der Waals surface area (Å²) in [6, 6.07) is 9.43. The minimum absolute atomic E-state index is 0.00794. The van der Waals surface area contributed by atoms with Gasteiger partial charge in [0.05, 0.1) is 23.6 Å². The van der Waals surface area contributed by atoms with Crippen molar-refractivity contribution < 1.29 is 9.53 Å². The predicted molar refractivity (Wildman–Crippen MR) is 82.7 cm³/mol. The number of ether oxygens (including phenoxy) is 1. The number of carbonyl (C=O) groups is 1. The minimum atomic E-state index is -0.0958. The molecule has 0 bridgehead atoms. The van der Waals surface area contributed by atoms with E-state index < -0.39 is 0 Å². The molecule has 2 aromatic rings. The van der Waals surface area contributed by atoms with Gasteiger partial charge in [0.1, 0.15) is 0 Å². The molecule has 1 aliphatic rings. The molecule has 1 aromatic heterocycles. The Hall–Kier alpha value is -1.65. The third-order valence-corrected chi connectivity index (χ3v) is 3.98. The summed E-state index contributed by atoms with van der Waals surface area (Å²) in [5.41, 5.74) is 1.57. The maximum atomic E-state index is 12.7. The Morgan fingerprint density at radius 2 is 2.29 bits per heavy atom. The third-order valence-electron chi connectivity index (χ3n) is 3.64. The van der Waals surface area contributed by atoms with E-state index in [1.807, 2.05) is 42.2 Å². The summed E-state index contributed by atoms with van der Waals surface area (Å²) in [4.78, 5) is 18.7. The van der Waals surface area contributed by atoms with Gasteiger partial charge in [0.2, 0.25) is 0 Å². The van der Waals surface area contributed by atoms with Gasteiger partial charge in [0.15, 0.2) is 0 Å². The maximum Gasteiger partial charge on any atom is 0.254 e. The molecule has 4 nitrogen and oxygen atoms in total. The van der Waals surface area contributed by atoms with Crippen LogP contribution in [0.2, 0.25) is 0 Å². The average Bonchev–Trinajstić information content (AvgIpc) is 2.53. The second-order valence-electron chi connectivity index (χ2n) is 5.34. The first kappa shape index (κ1) is 14.3. The molecule has 3 rings (SSSR count). The van der Waals surface area contributed by atoms with Crippen LogP contribution in [-0.2, 0) is 4.74 Å². The van der Waals surface area contributed by atoms with E-state index >= 15 is 0 Å². The number of nitrogens with zero attached hydrogens (tertiary/aromatic N) is 2. The quantitative estimate of drug-likeness (QED) is 0.801. The van der Waals surface area contributed by atoms with Crippen molar-refractivity contribution >= 4 is 28.4 Å². The van der Waals surface area contributed by atoms with Crippen molar-refractivity contribution in [2.45, 2.75) is 19.1 Å². The fourth-order valence-electron chi connectivity index (χ4n) is 2.69. The highest BCUT2D eigenvalue weighted by Gasteiger charge is 2.28. The van der Waals surface area contributed by atoms with Gasteiger partial charge in [-0.05, 0) is 31.2 Å². The number of hydrogen-bond acceptors (Lipinski definition) is 3. The molecule has 1 aliphatic heterocycles. The summed E-state index contributed by atoms with van der Waals surface area (Å²) >= 11 is 5.87. The topological polar surface area (TPSA) is 42.4 Å². The first-order valence-electron chi connectivity index (χ1n) is 7.03. The lowest BCUT2D eigenvalue weighted by molar-refractivity contribution is -0.0570. The first-order chi connectivity index (χ1) is 10.2. The molecule has 2 atom stereocenters. The standard InChI is InChI=1S/C16H17ClN2O2/c1-11-9-19(10-14(8-17)21-11)16(20)13-4-5-15-12(7-13)3-2-6-18-15/h2-7,11,14H,8-10H2,1H3. The van der Waals surface area contributed by atoms with Crippen LogP contribution in [-0.4, -0.2) is 47.0 Å². The van der Waals surface area contributed by atoms with Gasteiger partial charge in [-0.1, -0.05) is 6.07 Å². The van der Waals surface area contributed by atoms with Crippen LogP contribution in [0.1, 0.15) is 17.3 Å². The van der Waals surface area contributed by atoms with E-state index in [0.29, 0.717) is 24.5 Å². The van der Waals surface area contributed by atoms with Crippen molar-refractivity contribution in [3.05, 3.63) is 42.1 Å². The van der Waals surface area contributed by atoms with E-state index in [1.54, 1.807) is 6.20 Å². The van der Waals surface area contributed by atoms with E-state index in [9.17, 15) is 4.79 Å².